The van der Waals surface area contributed by atoms with Gasteiger partial charge in [0.2, 0.25) is 11.8 Å². The summed E-state index contributed by atoms with van der Waals surface area (Å²) >= 11 is 0. The highest BCUT2D eigenvalue weighted by atomic mass is 19.4. The number of benzene rings is 1. The number of aromatic amines is 2. The summed E-state index contributed by atoms with van der Waals surface area (Å²) in [6.45, 7) is 2.46. The minimum Gasteiger partial charge on any atom is -0.465 e. The van der Waals surface area contributed by atoms with Gasteiger partial charge >= 0.3 is 18.4 Å². The Morgan fingerprint density at radius 3 is 2.07 bits per heavy atom. The molecular formula is C40H49F3N8O7. The van der Waals surface area contributed by atoms with E-state index in [1.807, 2.05) is 36.4 Å². The van der Waals surface area contributed by atoms with E-state index in [1.54, 1.807) is 36.0 Å². The third kappa shape index (κ3) is 9.38. The molecule has 2 aliphatic heterocycles. The molecule has 15 nitrogen and oxygen atoms in total. The Balaban J connectivity index is 1.29. The number of allylic oxidation sites excluding steroid dienone is 4. The van der Waals surface area contributed by atoms with Crippen molar-refractivity contribution in [2.24, 2.45) is 5.92 Å². The number of carbonyl (C=O) groups is 4. The number of aromatic nitrogens is 4. The van der Waals surface area contributed by atoms with Gasteiger partial charge in [0.1, 0.15) is 30.3 Å². The van der Waals surface area contributed by atoms with Gasteiger partial charge in [-0.2, -0.15) is 13.2 Å². The van der Waals surface area contributed by atoms with Gasteiger partial charge in [0.25, 0.3) is 0 Å². The molecule has 2 fully saturated rings. The molecule has 2 saturated heterocycles. The van der Waals surface area contributed by atoms with E-state index in [-0.39, 0.29) is 18.2 Å². The fraction of sp³-hybridized carbons (Fsp3) is 0.500. The van der Waals surface area contributed by atoms with Crippen molar-refractivity contribution in [3.05, 3.63) is 89.6 Å². The van der Waals surface area contributed by atoms with Gasteiger partial charge in [-0.3, -0.25) is 9.59 Å². The predicted octanol–water partition coefficient (Wildman–Crippen LogP) is 5.78. The zero-order valence-corrected chi connectivity index (χ0v) is 32.6. The lowest BCUT2D eigenvalue weighted by molar-refractivity contribution is -0.174. The number of rotatable bonds is 14. The fourth-order valence-corrected chi connectivity index (χ4v) is 8.00. The Hall–Kier alpha value is -5.65. The van der Waals surface area contributed by atoms with Crippen molar-refractivity contribution in [2.75, 3.05) is 33.4 Å². The summed E-state index contributed by atoms with van der Waals surface area (Å²) in [6, 6.07) is 6.88. The van der Waals surface area contributed by atoms with Crippen LogP contribution in [-0.2, 0) is 24.5 Å². The van der Waals surface area contributed by atoms with Gasteiger partial charge in [-0.25, -0.2) is 19.6 Å². The number of likely N-dealkylation sites (tertiary alicyclic amines) is 2. The van der Waals surface area contributed by atoms with Gasteiger partial charge in [-0.1, -0.05) is 62.4 Å². The Morgan fingerprint density at radius 1 is 0.948 bits per heavy atom. The van der Waals surface area contributed by atoms with Crippen molar-refractivity contribution in [3.63, 3.8) is 0 Å². The van der Waals surface area contributed by atoms with Crippen LogP contribution in [0.15, 0.2) is 61.0 Å². The van der Waals surface area contributed by atoms with Crippen LogP contribution in [0.25, 0.3) is 5.57 Å². The minimum atomic E-state index is -4.54. The molecule has 3 aromatic rings. The fourth-order valence-electron chi connectivity index (χ4n) is 8.00. The maximum absolute atomic E-state index is 13.9. The molecule has 0 radical (unpaired) electrons. The highest BCUT2D eigenvalue weighted by Crippen LogP contribution is 2.43. The monoisotopic (exact) mass is 810 g/mol. The molecule has 2 aromatic heterocycles. The van der Waals surface area contributed by atoms with Crippen LogP contribution >= 0.6 is 0 Å². The van der Waals surface area contributed by atoms with E-state index < -0.39 is 67.1 Å². The van der Waals surface area contributed by atoms with E-state index in [2.05, 4.69) is 37.5 Å². The number of H-pyrrole nitrogens is 2. The molecule has 0 saturated carbocycles. The molecule has 5 unspecified atom stereocenters. The lowest BCUT2D eigenvalue weighted by Crippen LogP contribution is -2.50. The SMILES string of the molecule is COC(=O)NC(CCOCC(F)(F)F)C(=O)N1CCCC1c1ncc(C2(c3cnc(C4CCCN4C(=O)C(NC(=O)O)C(C)C)[nH]3)C=CC(c3ccccc3)=CC2)[nH]1. The molecule has 312 valence electrons. The van der Waals surface area contributed by atoms with E-state index in [0.29, 0.717) is 56.1 Å². The third-order valence-corrected chi connectivity index (χ3v) is 11.0. The van der Waals surface area contributed by atoms with Crippen LogP contribution in [0.4, 0.5) is 22.8 Å². The number of alkyl carbamates (subject to hydrolysis) is 1. The van der Waals surface area contributed by atoms with Gasteiger partial charge in [0, 0.05) is 38.5 Å². The van der Waals surface area contributed by atoms with Crippen molar-refractivity contribution in [1.82, 2.24) is 40.4 Å². The normalized spacial score (nSPS) is 21.8. The quantitative estimate of drug-likeness (QED) is 0.126. The largest absolute Gasteiger partial charge is 0.465 e. The molecule has 5 N–H and O–H groups in total. The summed E-state index contributed by atoms with van der Waals surface area (Å²) in [5, 5.41) is 14.2. The highest BCUT2D eigenvalue weighted by Gasteiger charge is 2.42. The lowest BCUT2D eigenvalue weighted by atomic mass is 9.74. The predicted molar refractivity (Wildman–Crippen MR) is 204 cm³/mol. The third-order valence-electron chi connectivity index (χ3n) is 11.0. The first-order valence-electron chi connectivity index (χ1n) is 19.4. The molecule has 4 amide bonds. The number of carbonyl (C=O) groups excluding carboxylic acids is 3. The minimum absolute atomic E-state index is 0.207. The van der Waals surface area contributed by atoms with Crippen LogP contribution in [-0.4, -0.2) is 111 Å². The second kappa shape index (κ2) is 17.9. The number of hydrogen-bond acceptors (Lipinski definition) is 8. The molecule has 18 heteroatoms. The van der Waals surface area contributed by atoms with E-state index >= 15 is 0 Å². The van der Waals surface area contributed by atoms with Crippen LogP contribution in [0.2, 0.25) is 0 Å². The smallest absolute Gasteiger partial charge is 0.411 e. The van der Waals surface area contributed by atoms with E-state index in [4.69, 9.17) is 14.7 Å². The van der Waals surface area contributed by atoms with E-state index in [0.717, 1.165) is 30.4 Å². The molecule has 1 aromatic carbocycles. The maximum atomic E-state index is 13.9. The van der Waals surface area contributed by atoms with Gasteiger partial charge < -0.3 is 45.0 Å². The number of methoxy groups -OCH3 is 1. The number of carboxylic acid groups (broad SMARTS) is 1. The number of halogens is 3. The summed E-state index contributed by atoms with van der Waals surface area (Å²) in [6.07, 6.45) is 5.78. The topological polar surface area (TPSA) is 195 Å². The van der Waals surface area contributed by atoms with Crippen LogP contribution in [0, 0.1) is 5.92 Å². The summed E-state index contributed by atoms with van der Waals surface area (Å²) in [5.74, 6) is -0.0238. The number of amides is 4. The molecule has 1 aliphatic carbocycles. The lowest BCUT2D eigenvalue weighted by Gasteiger charge is -2.32. The van der Waals surface area contributed by atoms with Gasteiger partial charge in [0.15, 0.2) is 0 Å². The first kappa shape index (κ1) is 42.0. The molecule has 0 spiro atoms. The summed E-state index contributed by atoms with van der Waals surface area (Å²) < 4.78 is 47.6. The Bertz CT molecular complexity index is 2000. The second-order valence-electron chi connectivity index (χ2n) is 15.1. The van der Waals surface area contributed by atoms with Crippen molar-refractivity contribution < 1.29 is 46.9 Å². The number of nitrogens with one attached hydrogen (secondary N) is 4. The zero-order valence-electron chi connectivity index (χ0n) is 32.6. The van der Waals surface area contributed by atoms with E-state index in [9.17, 15) is 37.5 Å². The van der Waals surface area contributed by atoms with Gasteiger partial charge in [0.05, 0.1) is 36.0 Å². The average molecular weight is 811 g/mol. The molecule has 0 bridgehead atoms. The molecule has 6 rings (SSSR count). The van der Waals surface area contributed by atoms with E-state index in [1.165, 1.54) is 0 Å². The second-order valence-corrected chi connectivity index (χ2v) is 15.1. The summed E-state index contributed by atoms with van der Waals surface area (Å²) in [7, 11) is 1.13. The van der Waals surface area contributed by atoms with Crippen molar-refractivity contribution >= 4 is 29.6 Å². The number of alkyl halides is 3. The average Bonchev–Trinajstić information content (AvgIpc) is 4.04. The first-order valence-corrected chi connectivity index (χ1v) is 19.4. The molecule has 58 heavy (non-hydrogen) atoms. The van der Waals surface area contributed by atoms with Crippen molar-refractivity contribution in [3.8, 4) is 0 Å². The first-order chi connectivity index (χ1) is 27.7. The molecule has 3 aliphatic rings. The summed E-state index contributed by atoms with van der Waals surface area (Å²) in [5.41, 5.74) is 2.64. The summed E-state index contributed by atoms with van der Waals surface area (Å²) in [4.78, 5) is 71.2. The van der Waals surface area contributed by atoms with Gasteiger partial charge in [-0.05, 0) is 49.2 Å². The molecular weight excluding hydrogens is 761 g/mol. The maximum Gasteiger partial charge on any atom is 0.411 e. The molecule has 4 heterocycles. The van der Waals surface area contributed by atoms with Crippen molar-refractivity contribution in [2.45, 2.75) is 88.1 Å². The zero-order chi connectivity index (χ0) is 41.6. The Morgan fingerprint density at radius 2 is 1.55 bits per heavy atom. The van der Waals surface area contributed by atoms with Crippen molar-refractivity contribution in [1.29, 1.82) is 0 Å². The number of imidazole rings is 2. The van der Waals surface area contributed by atoms with Crippen LogP contribution in [0.5, 0.6) is 0 Å². The molecule has 5 atom stereocenters. The number of hydrogen-bond donors (Lipinski definition) is 5. The van der Waals surface area contributed by atoms with Gasteiger partial charge in [-0.15, -0.1) is 0 Å². The van der Waals surface area contributed by atoms with Crippen LogP contribution in [0.1, 0.15) is 93.1 Å². The van der Waals surface area contributed by atoms with Crippen LogP contribution in [0.3, 0.4) is 0 Å². The standard InChI is InChI=1S/C40H49F3N8O7/c1-24(2)32(49-37(54)55)36(53)51-19-8-12-29(51)34-45-22-31(48-34)39(16-13-26(14-17-39)25-9-5-4-6-10-25)30-21-44-33(47-30)28-11-7-18-50(28)35(52)27(46-38(56)57-3)15-20-58-23-40(41,42)43/h4-6,9-10,13-14,16,21-22,24,27-29,32,49H,7-8,11-12,15,17-20,23H2,1-3H3,(H,44,47)(H,45,48)(H,46,56)(H,54,55). The highest BCUT2D eigenvalue weighted by molar-refractivity contribution is 5.87. The Kier molecular flexibility index (Phi) is 12.9. The number of ether oxygens (including phenoxy) is 2. The Labute approximate surface area is 333 Å². The van der Waals surface area contributed by atoms with Crippen LogP contribution < -0.4 is 10.6 Å². The number of nitrogens with zero attached hydrogens (tertiary/aromatic N) is 4.